The smallest absolute Gasteiger partial charge is 0.305 e. The molecule has 80 heavy (non-hydrogen) atoms. The van der Waals surface area contributed by atoms with Gasteiger partial charge in [-0.05, 0) is 106 Å². The molecule has 0 spiro atoms. The highest BCUT2D eigenvalue weighted by Gasteiger charge is 2.38. The highest BCUT2D eigenvalue weighted by molar-refractivity contribution is 6.10. The van der Waals surface area contributed by atoms with Crippen molar-refractivity contribution in [2.45, 2.75) is 127 Å². The summed E-state index contributed by atoms with van der Waals surface area (Å²) < 4.78 is 18.8. The van der Waals surface area contributed by atoms with Crippen LogP contribution in [0.15, 0.2) is 82.2 Å². The van der Waals surface area contributed by atoms with Gasteiger partial charge in [0, 0.05) is 50.4 Å². The maximum atomic E-state index is 14.1. The predicted octanol–water partition coefficient (Wildman–Crippen LogP) is 1.18. The summed E-state index contributed by atoms with van der Waals surface area (Å²) in [6, 6.07) is 9.27. The van der Waals surface area contributed by atoms with Gasteiger partial charge in [-0.15, -0.1) is 0 Å². The summed E-state index contributed by atoms with van der Waals surface area (Å²) in [6.45, 7) is -0.893. The number of alkyl halides is 1. The summed E-state index contributed by atoms with van der Waals surface area (Å²) in [7, 11) is 0. The number of phenols is 1. The summed E-state index contributed by atoms with van der Waals surface area (Å²) >= 11 is 0. The second-order valence-electron chi connectivity index (χ2n) is 19.7. The minimum Gasteiger partial charge on any atom is -0.508 e. The second kappa shape index (κ2) is 31.2. The molecule has 2 aliphatic heterocycles. The molecule has 1 aromatic carbocycles. The van der Waals surface area contributed by atoms with Gasteiger partial charge in [0.25, 0.3) is 0 Å². The van der Waals surface area contributed by atoms with Crippen molar-refractivity contribution in [2.24, 2.45) is 38.5 Å². The lowest BCUT2D eigenvalue weighted by Crippen LogP contribution is -2.58. The Morgan fingerprint density at radius 1 is 0.725 bits per heavy atom. The fraction of sp³-hybridized carbons (Fsp3) is 0.500. The second-order valence-corrected chi connectivity index (χ2v) is 19.7. The van der Waals surface area contributed by atoms with Gasteiger partial charge in [0.1, 0.15) is 36.6 Å². The van der Waals surface area contributed by atoms with Crippen molar-refractivity contribution in [1.82, 2.24) is 41.9 Å². The Balaban J connectivity index is 1.03. The number of amides is 7. The number of carboxylic acid groups (broad SMARTS) is 1. The molecular formula is C54H71FN14O11. The van der Waals surface area contributed by atoms with E-state index < -0.39 is 79.3 Å². The fourth-order valence-corrected chi connectivity index (χ4v) is 9.66. The molecule has 2 fully saturated rings. The van der Waals surface area contributed by atoms with Crippen molar-refractivity contribution in [3.63, 3.8) is 0 Å². The zero-order valence-electron chi connectivity index (χ0n) is 44.4. The van der Waals surface area contributed by atoms with Crippen LogP contribution < -0.4 is 48.7 Å². The number of fused-ring (bicyclic) bond motifs is 1. The summed E-state index contributed by atoms with van der Waals surface area (Å²) in [5.74, 6) is -6.74. The van der Waals surface area contributed by atoms with Gasteiger partial charge in [-0.25, -0.2) is 4.39 Å². The van der Waals surface area contributed by atoms with E-state index in [4.69, 9.17) is 16.2 Å². The van der Waals surface area contributed by atoms with Crippen LogP contribution in [0.25, 0.3) is 0 Å². The first-order valence-corrected chi connectivity index (χ1v) is 26.9. The lowest BCUT2D eigenvalue weighted by Gasteiger charge is -2.34. The van der Waals surface area contributed by atoms with Crippen LogP contribution in [0.3, 0.4) is 0 Å². The topological polar surface area (TPSA) is 385 Å². The number of anilines is 1. The molecule has 1 saturated carbocycles. The molecule has 2 aromatic heterocycles. The Morgan fingerprint density at radius 3 is 2.09 bits per heavy atom. The number of phenolic OH excluding ortho intramolecular Hbond substituents is 1. The third kappa shape index (κ3) is 19.5. The van der Waals surface area contributed by atoms with Gasteiger partial charge in [-0.2, -0.15) is 10.2 Å². The number of halogens is 1. The molecule has 13 N–H and O–H groups in total. The number of aliphatic imine (C=N–C) groups is 1. The number of nitrogens with two attached hydrogens (primary N) is 2. The molecule has 1 aliphatic carbocycles. The number of pyridine rings is 2. The highest BCUT2D eigenvalue weighted by atomic mass is 19.1. The van der Waals surface area contributed by atoms with E-state index in [9.17, 15) is 53.0 Å². The fourth-order valence-electron chi connectivity index (χ4n) is 9.66. The third-order valence-electron chi connectivity index (χ3n) is 13.7. The van der Waals surface area contributed by atoms with Crippen LogP contribution in [-0.2, 0) is 49.5 Å². The van der Waals surface area contributed by atoms with Gasteiger partial charge >= 0.3 is 5.97 Å². The van der Waals surface area contributed by atoms with Crippen LogP contribution in [0.2, 0.25) is 0 Å². The Morgan fingerprint density at radius 2 is 1.40 bits per heavy atom. The van der Waals surface area contributed by atoms with Crippen molar-refractivity contribution in [2.75, 3.05) is 38.2 Å². The number of unbranched alkanes of at least 4 members (excludes halogenated alkanes) is 1. The van der Waals surface area contributed by atoms with E-state index >= 15 is 0 Å². The normalized spacial score (nSPS) is 22.0. The Hall–Kier alpha value is -8.42. The van der Waals surface area contributed by atoms with Gasteiger partial charge in [0.2, 0.25) is 41.4 Å². The number of hydrogen-bond donors (Lipinski definition) is 11. The number of carbonyl (C=O) groups excluding carboxylic acids is 7. The Labute approximate surface area is 461 Å². The van der Waals surface area contributed by atoms with E-state index in [0.717, 1.165) is 49.2 Å². The summed E-state index contributed by atoms with van der Waals surface area (Å²) in [6.07, 6.45) is 7.21. The van der Waals surface area contributed by atoms with E-state index in [1.807, 2.05) is 18.2 Å². The first-order valence-electron chi connectivity index (χ1n) is 26.9. The van der Waals surface area contributed by atoms with Crippen molar-refractivity contribution in [3.05, 3.63) is 83.9 Å². The highest BCUT2D eigenvalue weighted by Crippen LogP contribution is 2.37. The van der Waals surface area contributed by atoms with Crippen LogP contribution in [-0.4, -0.2) is 148 Å². The number of aliphatic carboxylic acids is 1. The average Bonchev–Trinajstić information content (AvgIpc) is 3.46. The molecule has 7 atom stereocenters. The van der Waals surface area contributed by atoms with Crippen molar-refractivity contribution < 1.29 is 57.7 Å². The molecule has 3 aromatic rings. The van der Waals surface area contributed by atoms with Crippen LogP contribution in [0.5, 0.6) is 5.75 Å². The maximum Gasteiger partial charge on any atom is 0.305 e. The molecule has 7 amide bonds. The third-order valence-corrected chi connectivity index (χ3v) is 13.7. The van der Waals surface area contributed by atoms with Gasteiger partial charge in [-0.1, -0.05) is 24.6 Å². The minimum absolute atomic E-state index is 0.00451. The first-order chi connectivity index (χ1) is 38.6. The number of nitrogens with zero attached hydrogens (tertiary/aromatic N) is 5. The first kappa shape index (κ1) is 60.8. The molecule has 3 aliphatic rings. The van der Waals surface area contributed by atoms with E-state index in [-0.39, 0.29) is 113 Å². The summed E-state index contributed by atoms with van der Waals surface area (Å²) in [4.78, 5) is 119. The van der Waals surface area contributed by atoms with Gasteiger partial charge in [-0.3, -0.25) is 53.3 Å². The number of guanidine groups is 1. The molecule has 6 rings (SSSR count). The van der Waals surface area contributed by atoms with Crippen LogP contribution in [0.4, 0.5) is 10.1 Å². The quantitative estimate of drug-likeness (QED) is 0.0361. The minimum atomic E-state index is -1.67. The number of hydrogen-bond acceptors (Lipinski definition) is 15. The SMILES string of the molecule is NC(N)=NCCC[C@H]1NC(=O)[C@H](CCCCNC(=O)CCCC(=O)Nc2ccc(C3=NN=C(c4ccccn4)[C@@H]4CC[C@@H](OCCF)CCC[C@@H]34)nc2)NC(=O)[C@H](Cc2ccc(O)cc2)NC(=O)[C@H](CC(=O)O)NC(=O)CNC1=O. The van der Waals surface area contributed by atoms with E-state index in [1.165, 1.54) is 24.3 Å². The Kier molecular flexibility index (Phi) is 23.7. The predicted molar refractivity (Wildman–Crippen MR) is 291 cm³/mol. The maximum absolute atomic E-state index is 14.1. The number of ether oxygens (including phenoxy) is 1. The number of aromatic hydroxyl groups is 1. The Bertz CT molecular complexity index is 2710. The molecular weight excluding hydrogens is 1040 g/mol. The standard InChI is InChI=1S/C54H71FN14O11/c55-23-27-80-35-8-5-9-36-37(21-20-35)49(38-10-1-3-24-58-38)69-68-48(36)39-22-17-33(30-61-39)63-45(72)14-6-13-44(71)59-25-4-2-11-41-51(77)65-40(12-7-26-60-54(56)57)50(76)62-31-46(73)64-43(29-47(74)75)53(79)67-42(52(78)66-41)28-32-15-18-34(70)19-16-32/h1,3,10,15-19,22,24,30,35-37,40-43,70H,2,4-9,11-14,20-21,23,25-29,31H2,(H,59,71)(H,62,76)(H,63,72)(H,64,73)(H,65,77)(H,66,78)(H,67,79)(H,74,75)(H4,56,57,60)/t35-,36+,37+,40+,41-,42-,43-/m0/s1. The van der Waals surface area contributed by atoms with E-state index in [2.05, 4.69) is 62.4 Å². The van der Waals surface area contributed by atoms with Crippen LogP contribution in [0, 0.1) is 11.8 Å². The molecule has 4 heterocycles. The molecule has 430 valence electrons. The van der Waals surface area contributed by atoms with E-state index in [1.54, 1.807) is 24.5 Å². The van der Waals surface area contributed by atoms with Crippen LogP contribution in [0.1, 0.15) is 107 Å². The lowest BCUT2D eigenvalue weighted by atomic mass is 9.74. The number of carboxylic acids is 1. The molecule has 1 saturated heterocycles. The van der Waals surface area contributed by atoms with Crippen molar-refractivity contribution in [1.29, 1.82) is 0 Å². The molecule has 25 nitrogen and oxygen atoms in total. The number of nitrogens with one attached hydrogen (secondary N) is 7. The van der Waals surface area contributed by atoms with Gasteiger partial charge in [0.05, 0.1) is 60.4 Å². The monoisotopic (exact) mass is 1110 g/mol. The number of rotatable bonds is 23. The number of benzene rings is 1. The van der Waals surface area contributed by atoms with Crippen molar-refractivity contribution >= 4 is 70.4 Å². The zero-order valence-corrected chi connectivity index (χ0v) is 44.4. The van der Waals surface area contributed by atoms with Gasteiger partial charge in [0.15, 0.2) is 5.96 Å². The summed E-state index contributed by atoms with van der Waals surface area (Å²) in [5, 5.41) is 46.9. The van der Waals surface area contributed by atoms with Gasteiger partial charge < -0.3 is 63.6 Å². The molecule has 0 bridgehead atoms. The number of aromatic nitrogens is 2. The summed E-state index contributed by atoms with van der Waals surface area (Å²) in [5.41, 5.74) is 14.7. The average molecular weight is 1110 g/mol. The largest absolute Gasteiger partial charge is 0.508 e. The molecule has 0 unspecified atom stereocenters. The molecule has 26 heteroatoms. The van der Waals surface area contributed by atoms with Crippen molar-refractivity contribution in [3.8, 4) is 5.75 Å². The van der Waals surface area contributed by atoms with Crippen LogP contribution >= 0.6 is 0 Å². The van der Waals surface area contributed by atoms with E-state index in [0.29, 0.717) is 23.4 Å². The zero-order chi connectivity index (χ0) is 57.4. The lowest BCUT2D eigenvalue weighted by molar-refractivity contribution is -0.141. The number of carbonyl (C=O) groups is 8. The molecule has 0 radical (unpaired) electrons.